The molecule has 0 radical (unpaired) electrons. The number of thiophene rings is 1. The van der Waals surface area contributed by atoms with Gasteiger partial charge in [0.25, 0.3) is 5.91 Å². The van der Waals surface area contributed by atoms with Crippen molar-refractivity contribution >= 4 is 40.4 Å². The molecule has 1 N–H and O–H groups in total. The zero-order valence-corrected chi connectivity index (χ0v) is 13.4. The van der Waals surface area contributed by atoms with Crippen LogP contribution in [-0.2, 0) is 0 Å². The molecular weight excluding hydrogens is 329 g/mol. The van der Waals surface area contributed by atoms with Crippen molar-refractivity contribution in [3.63, 3.8) is 0 Å². The zero-order chi connectivity index (χ0) is 14.8. The highest BCUT2D eigenvalue weighted by molar-refractivity contribution is 7.20. The van der Waals surface area contributed by atoms with E-state index in [9.17, 15) is 4.79 Å². The Balaban J connectivity index is 1.91. The molecular formula is C14H13Cl2N3OS. The van der Waals surface area contributed by atoms with Crippen LogP contribution in [0.15, 0.2) is 30.6 Å². The number of nitrogens with zero attached hydrogens (tertiary/aromatic N) is 2. The van der Waals surface area contributed by atoms with Crippen LogP contribution in [0, 0.1) is 0 Å². The van der Waals surface area contributed by atoms with Gasteiger partial charge in [0.15, 0.2) is 0 Å². The van der Waals surface area contributed by atoms with Gasteiger partial charge in [-0.15, -0.1) is 11.3 Å². The first kappa shape index (κ1) is 14.8. The first-order valence-electron chi connectivity index (χ1n) is 6.53. The average molecular weight is 342 g/mol. The van der Waals surface area contributed by atoms with Crippen LogP contribution in [0.5, 0.6) is 0 Å². The summed E-state index contributed by atoms with van der Waals surface area (Å²) in [7, 11) is 0. The molecule has 2 aromatic heterocycles. The Labute approximate surface area is 136 Å². The predicted octanol–water partition coefficient (Wildman–Crippen LogP) is 3.24. The van der Waals surface area contributed by atoms with E-state index in [-0.39, 0.29) is 11.9 Å². The third kappa shape index (κ3) is 3.06. The number of carbonyl (C=O) groups excluding carboxylic acids is 1. The SMILES string of the molecule is O=C(c1cc(Cl)sc1Cl)N1CCNCC1c1cccnc1. The van der Waals surface area contributed by atoms with Crippen molar-refractivity contribution in [1.29, 1.82) is 0 Å². The molecule has 1 aliphatic heterocycles. The van der Waals surface area contributed by atoms with Gasteiger partial charge in [-0.05, 0) is 17.7 Å². The maximum absolute atomic E-state index is 12.8. The van der Waals surface area contributed by atoms with Crippen molar-refractivity contribution in [2.75, 3.05) is 19.6 Å². The molecule has 7 heteroatoms. The summed E-state index contributed by atoms with van der Waals surface area (Å²) < 4.78 is 0.963. The molecule has 1 saturated heterocycles. The minimum Gasteiger partial charge on any atom is -0.329 e. The first-order valence-corrected chi connectivity index (χ1v) is 8.10. The highest BCUT2D eigenvalue weighted by Crippen LogP contribution is 2.33. The molecule has 0 spiro atoms. The van der Waals surface area contributed by atoms with Crippen molar-refractivity contribution < 1.29 is 4.79 Å². The Morgan fingerprint density at radius 3 is 3.00 bits per heavy atom. The molecule has 1 fully saturated rings. The van der Waals surface area contributed by atoms with Crippen molar-refractivity contribution in [3.8, 4) is 0 Å². The second-order valence-corrected chi connectivity index (χ2v) is 7.03. The largest absolute Gasteiger partial charge is 0.329 e. The van der Waals surface area contributed by atoms with Crippen LogP contribution in [0.2, 0.25) is 8.67 Å². The maximum Gasteiger partial charge on any atom is 0.256 e. The average Bonchev–Trinajstić information content (AvgIpc) is 2.86. The summed E-state index contributed by atoms with van der Waals surface area (Å²) in [5.74, 6) is -0.0847. The molecule has 4 nitrogen and oxygen atoms in total. The van der Waals surface area contributed by atoms with Gasteiger partial charge in [-0.1, -0.05) is 29.3 Å². The van der Waals surface area contributed by atoms with Crippen LogP contribution in [0.25, 0.3) is 0 Å². The topological polar surface area (TPSA) is 45.2 Å². The summed E-state index contributed by atoms with van der Waals surface area (Å²) in [6.45, 7) is 2.09. The smallest absolute Gasteiger partial charge is 0.256 e. The Kier molecular flexibility index (Phi) is 4.45. The van der Waals surface area contributed by atoms with Crippen LogP contribution in [0.3, 0.4) is 0 Å². The van der Waals surface area contributed by atoms with Gasteiger partial charge in [-0.2, -0.15) is 0 Å². The van der Waals surface area contributed by atoms with Gasteiger partial charge >= 0.3 is 0 Å². The maximum atomic E-state index is 12.8. The quantitative estimate of drug-likeness (QED) is 0.911. The molecule has 0 saturated carbocycles. The minimum absolute atomic E-state index is 0.0466. The number of carbonyl (C=O) groups is 1. The number of hydrogen-bond acceptors (Lipinski definition) is 4. The molecule has 110 valence electrons. The fraction of sp³-hybridized carbons (Fsp3) is 0.286. The second kappa shape index (κ2) is 6.32. The van der Waals surface area contributed by atoms with Crippen molar-refractivity contribution in [2.45, 2.75) is 6.04 Å². The summed E-state index contributed by atoms with van der Waals surface area (Å²) in [4.78, 5) is 18.7. The number of nitrogens with one attached hydrogen (secondary N) is 1. The molecule has 2 aromatic rings. The number of piperazine rings is 1. The third-order valence-corrected chi connectivity index (χ3v) is 4.95. The summed E-state index contributed by atoms with van der Waals surface area (Å²) in [6.07, 6.45) is 3.52. The van der Waals surface area contributed by atoms with Crippen molar-refractivity contribution in [3.05, 3.63) is 50.4 Å². The molecule has 1 atom stereocenters. The molecule has 0 aliphatic carbocycles. The summed E-state index contributed by atoms with van der Waals surface area (Å²) in [5.41, 5.74) is 1.48. The number of amides is 1. The van der Waals surface area contributed by atoms with Crippen molar-refractivity contribution in [1.82, 2.24) is 15.2 Å². The fourth-order valence-corrected chi connectivity index (χ4v) is 3.91. The lowest BCUT2D eigenvalue weighted by Crippen LogP contribution is -2.48. The van der Waals surface area contributed by atoms with E-state index in [2.05, 4.69) is 10.3 Å². The van der Waals surface area contributed by atoms with Crippen LogP contribution in [-0.4, -0.2) is 35.4 Å². The Hall–Kier alpha value is -1.14. The minimum atomic E-state index is -0.0847. The van der Waals surface area contributed by atoms with E-state index in [1.807, 2.05) is 17.0 Å². The van der Waals surface area contributed by atoms with Crippen LogP contribution < -0.4 is 5.32 Å². The Morgan fingerprint density at radius 1 is 1.48 bits per heavy atom. The molecule has 3 heterocycles. The van der Waals surface area contributed by atoms with Gasteiger partial charge in [-0.25, -0.2) is 0 Å². The lowest BCUT2D eigenvalue weighted by Gasteiger charge is -2.36. The standard InChI is InChI=1S/C14H13Cl2N3OS/c15-12-6-10(13(16)21-12)14(20)19-5-4-18-8-11(19)9-2-1-3-17-7-9/h1-3,6-7,11,18H,4-5,8H2. The van der Waals surface area contributed by atoms with Gasteiger partial charge in [0.1, 0.15) is 4.34 Å². The third-order valence-electron chi connectivity index (χ3n) is 3.46. The van der Waals surface area contributed by atoms with Crippen molar-refractivity contribution in [2.24, 2.45) is 0 Å². The molecule has 1 unspecified atom stereocenters. The lowest BCUT2D eigenvalue weighted by atomic mass is 10.0. The van der Waals surface area contributed by atoms with E-state index >= 15 is 0 Å². The Bertz CT molecular complexity index is 647. The normalized spacial score (nSPS) is 18.8. The lowest BCUT2D eigenvalue weighted by molar-refractivity contribution is 0.0634. The number of rotatable bonds is 2. The van der Waals surface area contributed by atoms with Crippen LogP contribution in [0.1, 0.15) is 22.0 Å². The van der Waals surface area contributed by atoms with E-state index in [0.29, 0.717) is 27.3 Å². The number of halogens is 2. The molecule has 1 aliphatic rings. The van der Waals surface area contributed by atoms with Gasteiger partial charge < -0.3 is 10.2 Å². The number of aromatic nitrogens is 1. The number of pyridine rings is 1. The highest BCUT2D eigenvalue weighted by Gasteiger charge is 2.30. The monoisotopic (exact) mass is 341 g/mol. The zero-order valence-electron chi connectivity index (χ0n) is 11.1. The fourth-order valence-electron chi connectivity index (χ4n) is 2.46. The van der Waals surface area contributed by atoms with E-state index in [4.69, 9.17) is 23.2 Å². The van der Waals surface area contributed by atoms with Crippen LogP contribution in [0.4, 0.5) is 0 Å². The second-order valence-electron chi connectivity index (χ2n) is 4.74. The van der Waals surface area contributed by atoms with E-state index in [1.54, 1.807) is 18.5 Å². The van der Waals surface area contributed by atoms with E-state index in [0.717, 1.165) is 12.1 Å². The summed E-state index contributed by atoms with van der Waals surface area (Å²) in [6, 6.07) is 5.45. The summed E-state index contributed by atoms with van der Waals surface area (Å²) in [5, 5.41) is 3.31. The molecule has 3 rings (SSSR count). The molecule has 1 amide bonds. The Morgan fingerprint density at radius 2 is 2.33 bits per heavy atom. The van der Waals surface area contributed by atoms with Gasteiger partial charge in [0.2, 0.25) is 0 Å². The number of hydrogen-bond donors (Lipinski definition) is 1. The van der Waals surface area contributed by atoms with Gasteiger partial charge in [0, 0.05) is 32.0 Å². The predicted molar refractivity (Wildman–Crippen MR) is 85.2 cm³/mol. The molecule has 0 aromatic carbocycles. The molecule has 21 heavy (non-hydrogen) atoms. The van der Waals surface area contributed by atoms with E-state index < -0.39 is 0 Å². The first-order chi connectivity index (χ1) is 10.2. The van der Waals surface area contributed by atoms with Gasteiger partial charge in [-0.3, -0.25) is 9.78 Å². The molecule has 0 bridgehead atoms. The van der Waals surface area contributed by atoms with E-state index in [1.165, 1.54) is 11.3 Å². The van der Waals surface area contributed by atoms with Crippen LogP contribution >= 0.6 is 34.5 Å². The van der Waals surface area contributed by atoms with Gasteiger partial charge in [0.05, 0.1) is 15.9 Å². The highest BCUT2D eigenvalue weighted by atomic mass is 35.5. The summed E-state index contributed by atoms with van der Waals surface area (Å²) >= 11 is 13.3.